The topological polar surface area (TPSA) is 64.0 Å². The van der Waals surface area contributed by atoms with E-state index in [9.17, 15) is 8.42 Å². The van der Waals surface area contributed by atoms with Gasteiger partial charge in [0.1, 0.15) is 4.90 Å². The molecule has 7 heteroatoms. The Kier molecular flexibility index (Phi) is 4.85. The highest BCUT2D eigenvalue weighted by atomic mass is 32.2. The molecule has 108 valence electrons. The Morgan fingerprint density at radius 1 is 1.40 bits per heavy atom. The molecule has 0 saturated carbocycles. The average molecular weight is 311 g/mol. The van der Waals surface area contributed by atoms with Gasteiger partial charge in [0, 0.05) is 30.4 Å². The molecule has 0 saturated heterocycles. The third-order valence-electron chi connectivity index (χ3n) is 2.64. The molecule has 2 rings (SSSR count). The maximum Gasteiger partial charge on any atom is 0.243 e. The number of nitrogens with one attached hydrogen (secondary N) is 1. The largest absolute Gasteiger partial charge is 0.274 e. The van der Waals surface area contributed by atoms with E-state index in [0.717, 1.165) is 4.90 Å². The quantitative estimate of drug-likeness (QED) is 0.652. The lowest BCUT2D eigenvalue weighted by atomic mass is 10.2. The number of benzene rings is 1. The molecule has 0 unspecified atom stereocenters. The number of sulfonamides is 1. The molecule has 0 amide bonds. The number of hydrogen-bond acceptors (Lipinski definition) is 4. The normalized spacial score (nSPS) is 11.7. The van der Waals surface area contributed by atoms with Crippen molar-refractivity contribution in [3.63, 3.8) is 0 Å². The van der Waals surface area contributed by atoms with E-state index in [1.165, 1.54) is 22.6 Å². The summed E-state index contributed by atoms with van der Waals surface area (Å²) in [6.45, 7) is 2.42. The maximum absolute atomic E-state index is 11.9. The zero-order chi connectivity index (χ0) is 14.6. The zero-order valence-corrected chi connectivity index (χ0v) is 13.0. The summed E-state index contributed by atoms with van der Waals surface area (Å²) in [6, 6.07) is 8.14. The van der Waals surface area contributed by atoms with Crippen LogP contribution in [0, 0.1) is 6.92 Å². The van der Waals surface area contributed by atoms with E-state index in [0.29, 0.717) is 12.3 Å². The number of aryl methyl sites for hydroxylation is 2. The molecule has 1 aromatic heterocycles. The molecule has 20 heavy (non-hydrogen) atoms. The SMILES string of the molecule is Cc1cccc(SCCNS(=O)(=O)c2cnn(C)c2)c1. The van der Waals surface area contributed by atoms with E-state index in [2.05, 4.69) is 15.9 Å². The third kappa shape index (κ3) is 4.09. The minimum Gasteiger partial charge on any atom is -0.274 e. The molecule has 0 spiro atoms. The summed E-state index contributed by atoms with van der Waals surface area (Å²) in [6.07, 6.45) is 2.83. The van der Waals surface area contributed by atoms with Crippen LogP contribution in [0.25, 0.3) is 0 Å². The Morgan fingerprint density at radius 2 is 2.20 bits per heavy atom. The second-order valence-corrected chi connectivity index (χ2v) is 7.35. The van der Waals surface area contributed by atoms with Crippen molar-refractivity contribution in [2.24, 2.45) is 7.05 Å². The molecule has 2 aromatic rings. The van der Waals surface area contributed by atoms with Gasteiger partial charge in [0.05, 0.1) is 6.20 Å². The highest BCUT2D eigenvalue weighted by molar-refractivity contribution is 7.99. The van der Waals surface area contributed by atoms with Crippen molar-refractivity contribution in [3.05, 3.63) is 42.2 Å². The molecule has 0 radical (unpaired) electrons. The Morgan fingerprint density at radius 3 is 2.85 bits per heavy atom. The Bertz CT molecular complexity index is 680. The highest BCUT2D eigenvalue weighted by Crippen LogP contribution is 2.18. The molecule has 0 fully saturated rings. The Balaban J connectivity index is 1.84. The molecule has 0 aliphatic carbocycles. The van der Waals surface area contributed by atoms with E-state index in [4.69, 9.17) is 0 Å². The fourth-order valence-corrected chi connectivity index (χ4v) is 3.70. The third-order valence-corrected chi connectivity index (χ3v) is 5.05. The predicted octanol–water partition coefficient (Wildman–Crippen LogP) is 1.80. The second-order valence-electron chi connectivity index (χ2n) is 4.41. The van der Waals surface area contributed by atoms with Crippen molar-refractivity contribution in [3.8, 4) is 0 Å². The summed E-state index contributed by atoms with van der Waals surface area (Å²) < 4.78 is 27.9. The van der Waals surface area contributed by atoms with Crippen LogP contribution >= 0.6 is 11.8 Å². The molecule has 1 N–H and O–H groups in total. The first-order valence-corrected chi connectivity index (χ1v) is 8.62. The van der Waals surface area contributed by atoms with Crippen molar-refractivity contribution in [2.45, 2.75) is 16.7 Å². The van der Waals surface area contributed by atoms with Gasteiger partial charge in [-0.3, -0.25) is 4.68 Å². The smallest absolute Gasteiger partial charge is 0.243 e. The van der Waals surface area contributed by atoms with E-state index in [1.807, 2.05) is 25.1 Å². The Hall–Kier alpha value is -1.31. The fraction of sp³-hybridized carbons (Fsp3) is 0.308. The van der Waals surface area contributed by atoms with Crippen molar-refractivity contribution >= 4 is 21.8 Å². The lowest BCUT2D eigenvalue weighted by Crippen LogP contribution is -2.25. The van der Waals surface area contributed by atoms with Gasteiger partial charge in [0.15, 0.2) is 0 Å². The van der Waals surface area contributed by atoms with E-state index in [-0.39, 0.29) is 4.90 Å². The molecule has 0 aliphatic rings. The first kappa shape index (κ1) is 15.1. The summed E-state index contributed by atoms with van der Waals surface area (Å²) in [5, 5.41) is 3.86. The van der Waals surface area contributed by atoms with Gasteiger partial charge in [-0.05, 0) is 19.1 Å². The van der Waals surface area contributed by atoms with Crippen LogP contribution in [-0.4, -0.2) is 30.5 Å². The highest BCUT2D eigenvalue weighted by Gasteiger charge is 2.14. The monoisotopic (exact) mass is 311 g/mol. The molecular formula is C13H17N3O2S2. The summed E-state index contributed by atoms with van der Waals surface area (Å²) >= 11 is 1.63. The lowest BCUT2D eigenvalue weighted by molar-refractivity contribution is 0.584. The van der Waals surface area contributed by atoms with Crippen molar-refractivity contribution in [2.75, 3.05) is 12.3 Å². The van der Waals surface area contributed by atoms with Crippen molar-refractivity contribution < 1.29 is 8.42 Å². The van der Waals surface area contributed by atoms with Crippen LogP contribution in [-0.2, 0) is 17.1 Å². The molecule has 5 nitrogen and oxygen atoms in total. The van der Waals surface area contributed by atoms with Gasteiger partial charge in [0.2, 0.25) is 10.0 Å². The minimum absolute atomic E-state index is 0.195. The van der Waals surface area contributed by atoms with Crippen molar-refractivity contribution in [1.82, 2.24) is 14.5 Å². The van der Waals surface area contributed by atoms with Crippen LogP contribution in [0.3, 0.4) is 0 Å². The molecular weight excluding hydrogens is 294 g/mol. The number of hydrogen-bond donors (Lipinski definition) is 1. The first-order chi connectivity index (χ1) is 9.47. The van der Waals surface area contributed by atoms with Gasteiger partial charge in [0.25, 0.3) is 0 Å². The van der Waals surface area contributed by atoms with Crippen LogP contribution < -0.4 is 4.72 Å². The first-order valence-electron chi connectivity index (χ1n) is 6.15. The van der Waals surface area contributed by atoms with Crippen LogP contribution in [0.4, 0.5) is 0 Å². The van der Waals surface area contributed by atoms with E-state index in [1.54, 1.807) is 18.8 Å². The molecule has 0 aliphatic heterocycles. The summed E-state index contributed by atoms with van der Waals surface area (Å²) in [4.78, 5) is 1.34. The van der Waals surface area contributed by atoms with E-state index >= 15 is 0 Å². The number of aromatic nitrogens is 2. The van der Waals surface area contributed by atoms with Crippen LogP contribution in [0.15, 0.2) is 46.5 Å². The van der Waals surface area contributed by atoms with Gasteiger partial charge < -0.3 is 0 Å². The standard InChI is InChI=1S/C13H17N3O2S2/c1-11-4-3-5-12(8-11)19-7-6-15-20(17,18)13-9-14-16(2)10-13/h3-5,8-10,15H,6-7H2,1-2H3. The van der Waals surface area contributed by atoms with Crippen molar-refractivity contribution in [1.29, 1.82) is 0 Å². The van der Waals surface area contributed by atoms with Gasteiger partial charge in [-0.2, -0.15) is 5.10 Å². The summed E-state index contributed by atoms with van der Waals surface area (Å²) in [5.74, 6) is 0.683. The van der Waals surface area contributed by atoms with Gasteiger partial charge >= 0.3 is 0 Å². The Labute approximate surface area is 123 Å². The molecule has 0 atom stereocenters. The number of nitrogens with zero attached hydrogens (tertiary/aromatic N) is 2. The summed E-state index contributed by atoms with van der Waals surface area (Å²) in [5.41, 5.74) is 1.20. The molecule has 1 heterocycles. The maximum atomic E-state index is 11.9. The molecule has 1 aromatic carbocycles. The second kappa shape index (κ2) is 6.43. The average Bonchev–Trinajstić information content (AvgIpc) is 2.82. The summed E-state index contributed by atoms with van der Waals surface area (Å²) in [7, 11) is -1.76. The zero-order valence-electron chi connectivity index (χ0n) is 11.4. The van der Waals surface area contributed by atoms with Gasteiger partial charge in [-0.25, -0.2) is 13.1 Å². The van der Waals surface area contributed by atoms with E-state index < -0.39 is 10.0 Å². The fourth-order valence-electron chi connectivity index (χ4n) is 1.67. The van der Waals surface area contributed by atoms with Crippen LogP contribution in [0.5, 0.6) is 0 Å². The number of rotatable bonds is 6. The van der Waals surface area contributed by atoms with Gasteiger partial charge in [-0.1, -0.05) is 17.7 Å². The van der Waals surface area contributed by atoms with Gasteiger partial charge in [-0.15, -0.1) is 11.8 Å². The van der Waals surface area contributed by atoms with Crippen LogP contribution in [0.1, 0.15) is 5.56 Å². The lowest BCUT2D eigenvalue weighted by Gasteiger charge is -2.05. The molecule has 0 bridgehead atoms. The predicted molar refractivity (Wildman–Crippen MR) is 80.3 cm³/mol. The number of thioether (sulfide) groups is 1. The minimum atomic E-state index is -3.45. The van der Waals surface area contributed by atoms with Crippen LogP contribution in [0.2, 0.25) is 0 Å².